The lowest BCUT2D eigenvalue weighted by Gasteiger charge is -2.31. The van der Waals surface area contributed by atoms with Gasteiger partial charge in [0.25, 0.3) is 0 Å². The van der Waals surface area contributed by atoms with E-state index in [1.165, 1.54) is 21.8 Å². The number of hydrogen-bond acceptors (Lipinski definition) is 6. The van der Waals surface area contributed by atoms with E-state index < -0.39 is 31.8 Å². The molecule has 0 saturated carbocycles. The van der Waals surface area contributed by atoms with Crippen molar-refractivity contribution in [1.82, 2.24) is 13.9 Å². The Bertz CT molecular complexity index is 1330. The van der Waals surface area contributed by atoms with Crippen LogP contribution in [0.4, 0.5) is 4.39 Å². The average Bonchev–Trinajstić information content (AvgIpc) is 3.45. The SMILES string of the molecule is COc1ccc(F)cc1S(=O)(=O)N1CCCC(C(=O)NCCc2ccc(S(=O)(=O)N3CCCC3)cc2)C1. The maximum atomic E-state index is 13.8. The first kappa shape index (κ1) is 27.5. The van der Waals surface area contributed by atoms with Crippen molar-refractivity contribution in [2.75, 3.05) is 39.8 Å². The molecule has 0 radical (unpaired) electrons. The van der Waals surface area contributed by atoms with E-state index in [0.29, 0.717) is 38.9 Å². The second-order valence-corrected chi connectivity index (χ2v) is 13.1. The van der Waals surface area contributed by atoms with Crippen LogP contribution in [0.2, 0.25) is 0 Å². The number of rotatable bonds is 9. The fraction of sp³-hybridized carbons (Fsp3) is 0.480. The lowest BCUT2D eigenvalue weighted by molar-refractivity contribution is -0.126. The predicted octanol–water partition coefficient (Wildman–Crippen LogP) is 2.38. The van der Waals surface area contributed by atoms with Crippen molar-refractivity contribution >= 4 is 26.0 Å². The summed E-state index contributed by atoms with van der Waals surface area (Å²) < 4.78 is 73.3. The number of halogens is 1. The molecule has 37 heavy (non-hydrogen) atoms. The van der Waals surface area contributed by atoms with Gasteiger partial charge in [0.05, 0.1) is 17.9 Å². The summed E-state index contributed by atoms with van der Waals surface area (Å²) in [6.07, 6.45) is 3.30. The standard InChI is InChI=1S/C25H32FN3O6S2/c1-35-23-11-8-21(26)17-24(23)37(33,34)29-16-4-5-20(18-29)25(30)27-13-12-19-6-9-22(10-7-19)36(31,32)28-14-2-3-15-28/h6-11,17,20H,2-5,12-16,18H2,1H3,(H,27,30). The van der Waals surface area contributed by atoms with Gasteiger partial charge in [0.15, 0.2) is 0 Å². The van der Waals surface area contributed by atoms with Crippen molar-refractivity contribution in [3.05, 3.63) is 53.8 Å². The summed E-state index contributed by atoms with van der Waals surface area (Å²) in [5, 5.41) is 2.86. The molecular formula is C25H32FN3O6S2. The van der Waals surface area contributed by atoms with Gasteiger partial charge in [0.2, 0.25) is 26.0 Å². The smallest absolute Gasteiger partial charge is 0.246 e. The Kier molecular flexibility index (Phi) is 8.52. The van der Waals surface area contributed by atoms with Crippen molar-refractivity contribution in [1.29, 1.82) is 0 Å². The van der Waals surface area contributed by atoms with Gasteiger partial charge in [0.1, 0.15) is 16.5 Å². The second kappa shape index (κ2) is 11.5. The molecule has 1 unspecified atom stereocenters. The van der Waals surface area contributed by atoms with Crippen molar-refractivity contribution in [2.45, 2.75) is 41.9 Å². The molecule has 9 nitrogen and oxygen atoms in total. The van der Waals surface area contributed by atoms with Crippen LogP contribution in [0.25, 0.3) is 0 Å². The van der Waals surface area contributed by atoms with Gasteiger partial charge in [-0.1, -0.05) is 12.1 Å². The number of amides is 1. The summed E-state index contributed by atoms with van der Waals surface area (Å²) in [6.45, 7) is 1.66. The molecule has 2 fully saturated rings. The summed E-state index contributed by atoms with van der Waals surface area (Å²) >= 11 is 0. The Hall–Kier alpha value is -2.54. The first-order valence-corrected chi connectivity index (χ1v) is 15.2. The normalized spacial score (nSPS) is 19.6. The van der Waals surface area contributed by atoms with E-state index in [4.69, 9.17) is 4.74 Å². The highest BCUT2D eigenvalue weighted by Gasteiger charge is 2.35. The van der Waals surface area contributed by atoms with Gasteiger partial charge in [-0.25, -0.2) is 21.2 Å². The number of benzene rings is 2. The molecule has 2 aliphatic heterocycles. The van der Waals surface area contributed by atoms with E-state index >= 15 is 0 Å². The van der Waals surface area contributed by atoms with E-state index in [9.17, 15) is 26.0 Å². The van der Waals surface area contributed by atoms with E-state index in [2.05, 4.69) is 5.32 Å². The summed E-state index contributed by atoms with van der Waals surface area (Å²) in [4.78, 5) is 12.8. The number of piperidine rings is 1. The van der Waals surface area contributed by atoms with Gasteiger partial charge < -0.3 is 10.1 Å². The quantitative estimate of drug-likeness (QED) is 0.510. The molecule has 2 saturated heterocycles. The summed E-state index contributed by atoms with van der Waals surface area (Å²) in [5.74, 6) is -1.42. The minimum Gasteiger partial charge on any atom is -0.495 e. The first-order valence-electron chi connectivity index (χ1n) is 12.3. The summed E-state index contributed by atoms with van der Waals surface area (Å²) in [5.41, 5.74) is 0.881. The molecular weight excluding hydrogens is 521 g/mol. The Morgan fingerprint density at radius 2 is 1.65 bits per heavy atom. The Morgan fingerprint density at radius 3 is 2.32 bits per heavy atom. The Labute approximate surface area is 217 Å². The maximum absolute atomic E-state index is 13.8. The van der Waals surface area contributed by atoms with Gasteiger partial charge >= 0.3 is 0 Å². The van der Waals surface area contributed by atoms with Gasteiger partial charge in [-0.2, -0.15) is 8.61 Å². The van der Waals surface area contributed by atoms with Crippen molar-refractivity contribution in [3.8, 4) is 5.75 Å². The first-order chi connectivity index (χ1) is 17.6. The summed E-state index contributed by atoms with van der Waals surface area (Å²) in [7, 11) is -6.19. The maximum Gasteiger partial charge on any atom is 0.246 e. The molecule has 4 rings (SSSR count). The van der Waals surface area contributed by atoms with Crippen molar-refractivity contribution in [3.63, 3.8) is 0 Å². The van der Waals surface area contributed by atoms with E-state index in [1.54, 1.807) is 24.3 Å². The fourth-order valence-corrected chi connectivity index (χ4v) is 7.95. The predicted molar refractivity (Wildman–Crippen MR) is 136 cm³/mol. The Balaban J connectivity index is 1.33. The Morgan fingerprint density at radius 1 is 0.973 bits per heavy atom. The highest BCUT2D eigenvalue weighted by molar-refractivity contribution is 7.89. The lowest BCUT2D eigenvalue weighted by Crippen LogP contribution is -2.45. The molecule has 0 aromatic heterocycles. The number of sulfonamides is 2. The third-order valence-electron chi connectivity index (χ3n) is 6.84. The minimum atomic E-state index is -4.04. The molecule has 1 atom stereocenters. The van der Waals surface area contributed by atoms with Crippen LogP contribution in [0.1, 0.15) is 31.2 Å². The molecule has 1 N–H and O–H groups in total. The van der Waals surface area contributed by atoms with Crippen LogP contribution in [0.15, 0.2) is 52.3 Å². The van der Waals surface area contributed by atoms with Gasteiger partial charge in [-0.05, 0) is 68.0 Å². The zero-order valence-electron chi connectivity index (χ0n) is 20.7. The number of nitrogens with one attached hydrogen (secondary N) is 1. The fourth-order valence-electron chi connectivity index (χ4n) is 4.75. The molecule has 2 heterocycles. The van der Waals surface area contributed by atoms with Crippen LogP contribution in [-0.4, -0.2) is 71.2 Å². The number of carbonyl (C=O) groups excluding carboxylic acids is 1. The summed E-state index contributed by atoms with van der Waals surface area (Å²) in [6, 6.07) is 10.0. The molecule has 0 spiro atoms. The van der Waals surface area contributed by atoms with Gasteiger partial charge in [-0.15, -0.1) is 0 Å². The van der Waals surface area contributed by atoms with Crippen LogP contribution >= 0.6 is 0 Å². The highest BCUT2D eigenvalue weighted by atomic mass is 32.2. The number of methoxy groups -OCH3 is 1. The molecule has 12 heteroatoms. The van der Waals surface area contributed by atoms with Crippen LogP contribution < -0.4 is 10.1 Å². The largest absolute Gasteiger partial charge is 0.495 e. The molecule has 1 amide bonds. The van der Waals surface area contributed by atoms with Crippen molar-refractivity contribution < 1.29 is 30.8 Å². The van der Waals surface area contributed by atoms with Crippen LogP contribution in [0.5, 0.6) is 5.75 Å². The zero-order valence-corrected chi connectivity index (χ0v) is 22.4. The number of nitrogens with zero attached hydrogens (tertiary/aromatic N) is 2. The van der Waals surface area contributed by atoms with E-state index in [0.717, 1.165) is 30.5 Å². The highest BCUT2D eigenvalue weighted by Crippen LogP contribution is 2.30. The van der Waals surface area contributed by atoms with Crippen LogP contribution in [0.3, 0.4) is 0 Å². The third-order valence-corrected chi connectivity index (χ3v) is 10.6. The topological polar surface area (TPSA) is 113 Å². The molecule has 0 aliphatic carbocycles. The number of carbonyl (C=O) groups is 1. The van der Waals surface area contributed by atoms with E-state index in [-0.39, 0.29) is 34.5 Å². The lowest BCUT2D eigenvalue weighted by atomic mass is 9.99. The molecule has 2 aromatic rings. The average molecular weight is 554 g/mol. The zero-order chi connectivity index (χ0) is 26.6. The van der Waals surface area contributed by atoms with E-state index in [1.807, 2.05) is 0 Å². The van der Waals surface area contributed by atoms with Gasteiger partial charge in [-0.3, -0.25) is 4.79 Å². The van der Waals surface area contributed by atoms with Crippen LogP contribution in [0, 0.1) is 11.7 Å². The molecule has 0 bridgehead atoms. The molecule has 2 aliphatic rings. The molecule has 202 valence electrons. The minimum absolute atomic E-state index is 0.00308. The second-order valence-electron chi connectivity index (χ2n) is 9.29. The van der Waals surface area contributed by atoms with Crippen molar-refractivity contribution in [2.24, 2.45) is 5.92 Å². The third kappa shape index (κ3) is 6.14. The number of hydrogen-bond donors (Lipinski definition) is 1. The van der Waals surface area contributed by atoms with Gasteiger partial charge in [0, 0.05) is 32.7 Å². The molecule has 2 aromatic carbocycles. The number of ether oxygens (including phenoxy) is 1. The monoisotopic (exact) mass is 553 g/mol. The van der Waals surface area contributed by atoms with Crippen LogP contribution in [-0.2, 0) is 31.3 Å².